The van der Waals surface area contributed by atoms with Crippen molar-refractivity contribution in [3.8, 4) is 0 Å². The minimum Gasteiger partial charge on any atom is -0.378 e. The van der Waals surface area contributed by atoms with E-state index in [-0.39, 0.29) is 12.4 Å². The Morgan fingerprint density at radius 2 is 2.25 bits per heavy atom. The summed E-state index contributed by atoms with van der Waals surface area (Å²) in [6.07, 6.45) is 0. The zero-order chi connectivity index (χ0) is 8.27. The maximum absolute atomic E-state index is 5.61. The molecule has 0 amide bonds. The third-order valence-corrected chi connectivity index (χ3v) is 1.68. The van der Waals surface area contributed by atoms with Crippen LogP contribution in [0.3, 0.4) is 0 Å². The fraction of sp³-hybridized carbons (Fsp3) is 0.667. The lowest BCUT2D eigenvalue weighted by Crippen LogP contribution is -2.01. The fourth-order valence-electron chi connectivity index (χ4n) is 0.837. The second kappa shape index (κ2) is 5.35. The van der Waals surface area contributed by atoms with Gasteiger partial charge in [-0.2, -0.15) is 0 Å². The average Bonchev–Trinajstić information content (AvgIpc) is 2.34. The molecule has 1 aromatic heterocycles. The number of alkyl halides is 1. The van der Waals surface area contributed by atoms with Crippen molar-refractivity contribution in [1.82, 2.24) is 15.0 Å². The van der Waals surface area contributed by atoms with Crippen molar-refractivity contribution in [2.75, 3.05) is 7.11 Å². The predicted octanol–water partition coefficient (Wildman–Crippen LogP) is 1.12. The summed E-state index contributed by atoms with van der Waals surface area (Å²) in [6.45, 7) is 0.506. The molecule has 0 N–H and O–H groups in total. The molecular weight excluding hydrogens is 201 g/mol. The van der Waals surface area contributed by atoms with E-state index in [0.717, 1.165) is 11.4 Å². The van der Waals surface area contributed by atoms with Crippen LogP contribution in [0.15, 0.2) is 0 Å². The number of rotatable bonds is 3. The van der Waals surface area contributed by atoms with Crippen LogP contribution < -0.4 is 0 Å². The van der Waals surface area contributed by atoms with E-state index < -0.39 is 0 Å². The van der Waals surface area contributed by atoms with E-state index in [4.69, 9.17) is 16.3 Å². The molecule has 1 rings (SSSR count). The van der Waals surface area contributed by atoms with Crippen molar-refractivity contribution >= 4 is 24.0 Å². The predicted molar refractivity (Wildman–Crippen MR) is 48.5 cm³/mol. The monoisotopic (exact) mass is 211 g/mol. The smallest absolute Gasteiger partial charge is 0.103 e. The first kappa shape index (κ1) is 11.7. The van der Waals surface area contributed by atoms with Crippen LogP contribution in [0.4, 0.5) is 0 Å². The molecule has 0 aliphatic rings. The molecule has 0 atom stereocenters. The molecule has 0 saturated heterocycles. The van der Waals surface area contributed by atoms with Crippen molar-refractivity contribution in [1.29, 1.82) is 0 Å². The Hall–Kier alpha value is -0.320. The van der Waals surface area contributed by atoms with Gasteiger partial charge in [-0.15, -0.1) is 29.1 Å². The fourth-order valence-corrected chi connectivity index (χ4v) is 1.04. The zero-order valence-electron chi connectivity index (χ0n) is 6.95. The Balaban J connectivity index is 0.00000121. The first-order chi connectivity index (χ1) is 5.29. The molecule has 0 fully saturated rings. The summed E-state index contributed by atoms with van der Waals surface area (Å²) in [6, 6.07) is 0. The van der Waals surface area contributed by atoms with Crippen molar-refractivity contribution in [2.24, 2.45) is 7.05 Å². The lowest BCUT2D eigenvalue weighted by Gasteiger charge is -1.99. The van der Waals surface area contributed by atoms with Crippen molar-refractivity contribution < 1.29 is 4.74 Å². The van der Waals surface area contributed by atoms with Crippen LogP contribution in [0.1, 0.15) is 11.4 Å². The second-order valence-corrected chi connectivity index (χ2v) is 2.44. The Morgan fingerprint density at radius 1 is 1.58 bits per heavy atom. The van der Waals surface area contributed by atoms with Crippen LogP contribution in [-0.4, -0.2) is 22.1 Å². The third-order valence-electron chi connectivity index (χ3n) is 1.43. The van der Waals surface area contributed by atoms with Crippen molar-refractivity contribution in [2.45, 2.75) is 12.5 Å². The summed E-state index contributed by atoms with van der Waals surface area (Å²) < 4.78 is 6.62. The van der Waals surface area contributed by atoms with E-state index in [1.165, 1.54) is 0 Å². The highest BCUT2D eigenvalue weighted by atomic mass is 35.5. The number of methoxy groups -OCH3 is 1. The molecule has 4 nitrogen and oxygen atoms in total. The molecule has 1 aromatic rings. The summed E-state index contributed by atoms with van der Waals surface area (Å²) >= 11 is 5.61. The van der Waals surface area contributed by atoms with Gasteiger partial charge < -0.3 is 4.74 Å². The molecule has 0 unspecified atom stereocenters. The largest absolute Gasteiger partial charge is 0.378 e. The molecule has 0 saturated carbocycles. The molecule has 0 aliphatic heterocycles. The highest BCUT2D eigenvalue weighted by Gasteiger charge is 2.07. The Morgan fingerprint density at radius 3 is 2.75 bits per heavy atom. The van der Waals surface area contributed by atoms with Crippen LogP contribution in [0, 0.1) is 0 Å². The molecule has 0 radical (unpaired) electrons. The normalized spacial score (nSPS) is 9.58. The highest BCUT2D eigenvalue weighted by Crippen LogP contribution is 2.07. The number of aromatic nitrogens is 3. The quantitative estimate of drug-likeness (QED) is 0.705. The van der Waals surface area contributed by atoms with Gasteiger partial charge in [0.1, 0.15) is 5.69 Å². The van der Waals surface area contributed by atoms with E-state index in [1.807, 2.05) is 7.05 Å². The number of ether oxygens (including phenoxy) is 1. The van der Waals surface area contributed by atoms with Gasteiger partial charge in [0.15, 0.2) is 0 Å². The number of halogens is 2. The van der Waals surface area contributed by atoms with E-state index in [2.05, 4.69) is 10.3 Å². The first-order valence-corrected chi connectivity index (χ1v) is 3.75. The molecular formula is C6H11Cl2N3O. The maximum atomic E-state index is 5.61. The van der Waals surface area contributed by atoms with Gasteiger partial charge in [0.2, 0.25) is 0 Å². The van der Waals surface area contributed by atoms with Crippen LogP contribution in [0.5, 0.6) is 0 Å². The van der Waals surface area contributed by atoms with Gasteiger partial charge in [0, 0.05) is 14.2 Å². The molecule has 0 spiro atoms. The van der Waals surface area contributed by atoms with E-state index in [1.54, 1.807) is 11.8 Å². The zero-order valence-corrected chi connectivity index (χ0v) is 8.52. The molecule has 0 aliphatic carbocycles. The van der Waals surface area contributed by atoms with E-state index in [0.29, 0.717) is 12.5 Å². The van der Waals surface area contributed by atoms with Crippen LogP contribution in [0.25, 0.3) is 0 Å². The van der Waals surface area contributed by atoms with Crippen molar-refractivity contribution in [3.63, 3.8) is 0 Å². The summed E-state index contributed by atoms with van der Waals surface area (Å²) in [5.74, 6) is 0.381. The minimum atomic E-state index is 0. The number of hydrogen-bond donors (Lipinski definition) is 0. The Bertz CT molecular complexity index is 239. The van der Waals surface area contributed by atoms with Gasteiger partial charge in [-0.05, 0) is 0 Å². The Labute approximate surface area is 82.3 Å². The summed E-state index contributed by atoms with van der Waals surface area (Å²) in [5.41, 5.74) is 1.72. The number of aryl methyl sites for hydroxylation is 1. The SMILES string of the molecule is COCc1c(CCl)nnn1C.Cl. The third kappa shape index (κ3) is 2.33. The summed E-state index contributed by atoms with van der Waals surface area (Å²) in [7, 11) is 3.45. The molecule has 0 bridgehead atoms. The van der Waals surface area contributed by atoms with Gasteiger partial charge in [-0.3, -0.25) is 0 Å². The van der Waals surface area contributed by atoms with Gasteiger partial charge >= 0.3 is 0 Å². The summed E-state index contributed by atoms with van der Waals surface area (Å²) in [4.78, 5) is 0. The molecule has 1 heterocycles. The molecule has 6 heteroatoms. The van der Waals surface area contributed by atoms with Crippen LogP contribution in [0.2, 0.25) is 0 Å². The standard InChI is InChI=1S/C6H10ClN3O.ClH/c1-10-6(4-11-2)5(3-7)8-9-10;/h3-4H2,1-2H3;1H. The lowest BCUT2D eigenvalue weighted by atomic mass is 10.3. The van der Waals surface area contributed by atoms with E-state index >= 15 is 0 Å². The Kier molecular flexibility index (Phi) is 5.20. The number of nitrogens with zero attached hydrogens (tertiary/aromatic N) is 3. The van der Waals surface area contributed by atoms with E-state index in [9.17, 15) is 0 Å². The lowest BCUT2D eigenvalue weighted by molar-refractivity contribution is 0.177. The molecule has 70 valence electrons. The van der Waals surface area contributed by atoms with Gasteiger partial charge in [-0.1, -0.05) is 5.21 Å². The average molecular weight is 212 g/mol. The highest BCUT2D eigenvalue weighted by molar-refractivity contribution is 6.16. The second-order valence-electron chi connectivity index (χ2n) is 2.17. The van der Waals surface area contributed by atoms with Gasteiger partial charge in [-0.25, -0.2) is 4.68 Å². The minimum absolute atomic E-state index is 0. The number of hydrogen-bond acceptors (Lipinski definition) is 3. The van der Waals surface area contributed by atoms with Gasteiger partial charge in [0.25, 0.3) is 0 Å². The van der Waals surface area contributed by atoms with Crippen molar-refractivity contribution in [3.05, 3.63) is 11.4 Å². The van der Waals surface area contributed by atoms with Crippen LogP contribution >= 0.6 is 24.0 Å². The topological polar surface area (TPSA) is 39.9 Å². The van der Waals surface area contributed by atoms with Crippen LogP contribution in [-0.2, 0) is 24.3 Å². The molecule has 0 aromatic carbocycles. The maximum Gasteiger partial charge on any atom is 0.103 e. The summed E-state index contributed by atoms with van der Waals surface area (Å²) in [5, 5.41) is 7.66. The van der Waals surface area contributed by atoms with Gasteiger partial charge in [0.05, 0.1) is 18.2 Å². The first-order valence-electron chi connectivity index (χ1n) is 3.22. The molecule has 12 heavy (non-hydrogen) atoms.